The molecule has 3 unspecified atom stereocenters. The van der Waals surface area contributed by atoms with Crippen LogP contribution in [-0.4, -0.2) is 41.0 Å². The summed E-state index contributed by atoms with van der Waals surface area (Å²) < 4.78 is 5.53. The number of hydrogen-bond donors (Lipinski definition) is 2. The van der Waals surface area contributed by atoms with Gasteiger partial charge in [-0.1, -0.05) is 107 Å². The van der Waals surface area contributed by atoms with E-state index in [4.69, 9.17) is 11.2 Å². The summed E-state index contributed by atoms with van der Waals surface area (Å²) in [5, 5.41) is 7.94. The average Bonchev–Trinajstić information content (AvgIpc) is 3.01. The maximum atomic E-state index is 14.6. The van der Waals surface area contributed by atoms with Crippen LogP contribution in [0.15, 0.2) is 66.7 Å². The summed E-state index contributed by atoms with van der Waals surface area (Å²) in [6.45, 7) is 11.7. The summed E-state index contributed by atoms with van der Waals surface area (Å²) in [4.78, 5) is 43.6. The Kier molecular flexibility index (Phi) is 13.0. The highest BCUT2D eigenvalue weighted by Crippen LogP contribution is 2.30. The first-order chi connectivity index (χ1) is 21.5. The highest BCUT2D eigenvalue weighted by Gasteiger charge is 2.38. The number of alkyl carbamates (subject to hydrolysis) is 1. The maximum Gasteiger partial charge on any atom is 0.408 e. The number of amides is 3. The molecule has 0 aliphatic carbocycles. The van der Waals surface area contributed by atoms with Gasteiger partial charge in [-0.3, -0.25) is 9.59 Å². The SMILES string of the molecule is C#Cc1ccccc1C(C(=O)Nc1ccc2ccccc2c1)N(CCCCCCC)C(=O)C(NC(=O)OC(C)(C)C)C(C)CC. The number of carbonyl (C=O) groups excluding carboxylic acids is 3. The summed E-state index contributed by atoms with van der Waals surface area (Å²) in [6, 6.07) is 18.9. The topological polar surface area (TPSA) is 87.7 Å². The fourth-order valence-electron chi connectivity index (χ4n) is 5.34. The van der Waals surface area contributed by atoms with Crippen molar-refractivity contribution in [2.75, 3.05) is 11.9 Å². The minimum Gasteiger partial charge on any atom is -0.444 e. The molecule has 3 atom stereocenters. The standard InChI is InChI=1S/C38H49N3O4/c1-8-11-12-13-18-25-41(36(43)33(27(4)9-2)40-37(44)45-38(5,6)7)34(32-22-17-16-19-28(32)10-3)35(42)39-31-24-23-29-20-14-15-21-30(29)26-31/h3,14-17,19-24,26-27,33-34H,8-9,11-13,18,25H2,1-2,4-7H3,(H,39,42)(H,40,44). The van der Waals surface area contributed by atoms with E-state index >= 15 is 0 Å². The predicted molar refractivity (Wildman–Crippen MR) is 183 cm³/mol. The minimum absolute atomic E-state index is 0.223. The third kappa shape index (κ3) is 10.1. The van der Waals surface area contributed by atoms with Crippen molar-refractivity contribution in [2.24, 2.45) is 5.92 Å². The highest BCUT2D eigenvalue weighted by molar-refractivity contribution is 6.00. The highest BCUT2D eigenvalue weighted by atomic mass is 16.6. The van der Waals surface area contributed by atoms with E-state index in [2.05, 4.69) is 23.5 Å². The van der Waals surface area contributed by atoms with Gasteiger partial charge in [-0.15, -0.1) is 6.42 Å². The molecule has 3 aromatic carbocycles. The summed E-state index contributed by atoms with van der Waals surface area (Å²) in [5.74, 6) is 1.76. The first-order valence-electron chi connectivity index (χ1n) is 16.1. The molecule has 7 heteroatoms. The number of terminal acetylenes is 1. The van der Waals surface area contributed by atoms with Crippen LogP contribution in [0.2, 0.25) is 0 Å². The molecule has 0 bridgehead atoms. The molecule has 0 aliphatic heterocycles. The van der Waals surface area contributed by atoms with E-state index < -0.39 is 23.8 Å². The molecule has 3 amide bonds. The number of anilines is 1. The van der Waals surface area contributed by atoms with Crippen LogP contribution >= 0.6 is 0 Å². The van der Waals surface area contributed by atoms with Crippen LogP contribution in [0.25, 0.3) is 10.8 Å². The second-order valence-electron chi connectivity index (χ2n) is 12.6. The van der Waals surface area contributed by atoms with Gasteiger partial charge < -0.3 is 20.3 Å². The molecular formula is C38H49N3O4. The molecule has 0 saturated heterocycles. The first kappa shape index (κ1) is 35.2. The second-order valence-corrected chi connectivity index (χ2v) is 12.6. The monoisotopic (exact) mass is 611 g/mol. The Hall–Kier alpha value is -4.31. The first-order valence-corrected chi connectivity index (χ1v) is 16.1. The van der Waals surface area contributed by atoms with Crippen LogP contribution in [0.5, 0.6) is 0 Å². The molecule has 0 fully saturated rings. The quantitative estimate of drug-likeness (QED) is 0.142. The number of ether oxygens (including phenoxy) is 1. The lowest BCUT2D eigenvalue weighted by Gasteiger charge is -2.36. The van der Waals surface area contributed by atoms with Gasteiger partial charge in [-0.05, 0) is 67.6 Å². The Bertz CT molecular complexity index is 1490. The second kappa shape index (κ2) is 16.7. The molecule has 7 nitrogen and oxygen atoms in total. The van der Waals surface area contributed by atoms with Gasteiger partial charge in [-0.2, -0.15) is 0 Å². The van der Waals surface area contributed by atoms with E-state index in [1.807, 2.05) is 68.4 Å². The fourth-order valence-corrected chi connectivity index (χ4v) is 5.34. The van der Waals surface area contributed by atoms with Gasteiger partial charge in [0.25, 0.3) is 5.91 Å². The summed E-state index contributed by atoms with van der Waals surface area (Å²) in [7, 11) is 0. The van der Waals surface area contributed by atoms with E-state index in [1.54, 1.807) is 37.8 Å². The Morgan fingerprint density at radius 3 is 2.24 bits per heavy atom. The summed E-state index contributed by atoms with van der Waals surface area (Å²) in [5.41, 5.74) is 0.961. The van der Waals surface area contributed by atoms with Gasteiger partial charge in [0.2, 0.25) is 5.91 Å². The van der Waals surface area contributed by atoms with Gasteiger partial charge in [0.05, 0.1) is 0 Å². The molecule has 240 valence electrons. The molecule has 45 heavy (non-hydrogen) atoms. The van der Waals surface area contributed by atoms with Crippen molar-refractivity contribution >= 4 is 34.4 Å². The summed E-state index contributed by atoms with van der Waals surface area (Å²) in [6.07, 6.45) is 10.7. The zero-order chi connectivity index (χ0) is 33.0. The molecule has 0 radical (unpaired) electrons. The molecule has 2 N–H and O–H groups in total. The van der Waals surface area contributed by atoms with Gasteiger partial charge in [0, 0.05) is 17.8 Å². The minimum atomic E-state index is -1.03. The largest absolute Gasteiger partial charge is 0.444 e. The fraction of sp³-hybridized carbons (Fsp3) is 0.447. The molecule has 0 heterocycles. The van der Waals surface area contributed by atoms with Crippen molar-refractivity contribution in [3.8, 4) is 12.3 Å². The smallest absolute Gasteiger partial charge is 0.408 e. The van der Waals surface area contributed by atoms with Crippen LogP contribution in [0.1, 0.15) is 97.2 Å². The van der Waals surface area contributed by atoms with Crippen molar-refractivity contribution in [1.29, 1.82) is 0 Å². The lowest BCUT2D eigenvalue weighted by atomic mass is 9.93. The van der Waals surface area contributed by atoms with Gasteiger partial charge >= 0.3 is 6.09 Å². The molecule has 0 spiro atoms. The molecule has 3 aromatic rings. The predicted octanol–water partition coefficient (Wildman–Crippen LogP) is 8.24. The number of rotatable bonds is 14. The maximum absolute atomic E-state index is 14.6. The van der Waals surface area contributed by atoms with Crippen LogP contribution < -0.4 is 10.6 Å². The molecule has 0 aromatic heterocycles. The Labute approximate surface area is 269 Å². The van der Waals surface area contributed by atoms with Crippen molar-refractivity contribution in [2.45, 2.75) is 97.8 Å². The molecule has 0 aliphatic rings. The third-order valence-corrected chi connectivity index (χ3v) is 7.92. The Balaban J connectivity index is 2.08. The lowest BCUT2D eigenvalue weighted by Crippen LogP contribution is -2.55. The Morgan fingerprint density at radius 1 is 0.911 bits per heavy atom. The van der Waals surface area contributed by atoms with Crippen LogP contribution in [0, 0.1) is 18.3 Å². The van der Waals surface area contributed by atoms with Crippen molar-refractivity contribution < 1.29 is 19.1 Å². The average molecular weight is 612 g/mol. The normalized spacial score (nSPS) is 13.3. The number of benzene rings is 3. The van der Waals surface area contributed by atoms with Crippen molar-refractivity contribution in [3.63, 3.8) is 0 Å². The van der Waals surface area contributed by atoms with E-state index in [1.165, 1.54) is 0 Å². The molecule has 0 saturated carbocycles. The molecule has 3 rings (SSSR count). The third-order valence-electron chi connectivity index (χ3n) is 7.92. The number of fused-ring (bicyclic) bond motifs is 1. The van der Waals surface area contributed by atoms with Crippen LogP contribution in [0.4, 0.5) is 10.5 Å². The van der Waals surface area contributed by atoms with Gasteiger partial charge in [-0.25, -0.2) is 4.79 Å². The lowest BCUT2D eigenvalue weighted by molar-refractivity contribution is -0.142. The van der Waals surface area contributed by atoms with E-state index in [0.717, 1.165) is 36.5 Å². The van der Waals surface area contributed by atoms with Gasteiger partial charge in [0.15, 0.2) is 0 Å². The number of carbonyl (C=O) groups is 3. The Morgan fingerprint density at radius 2 is 1.58 bits per heavy atom. The van der Waals surface area contributed by atoms with E-state index in [9.17, 15) is 14.4 Å². The zero-order valence-electron chi connectivity index (χ0n) is 27.7. The van der Waals surface area contributed by atoms with E-state index in [-0.39, 0.29) is 17.7 Å². The van der Waals surface area contributed by atoms with E-state index in [0.29, 0.717) is 36.2 Å². The van der Waals surface area contributed by atoms with Crippen molar-refractivity contribution in [3.05, 3.63) is 77.9 Å². The van der Waals surface area contributed by atoms with Crippen LogP contribution in [0.3, 0.4) is 0 Å². The number of nitrogens with zero attached hydrogens (tertiary/aromatic N) is 1. The number of nitrogens with one attached hydrogen (secondary N) is 2. The molecular weight excluding hydrogens is 562 g/mol. The van der Waals surface area contributed by atoms with Gasteiger partial charge in [0.1, 0.15) is 17.7 Å². The summed E-state index contributed by atoms with van der Waals surface area (Å²) >= 11 is 0. The number of hydrogen-bond acceptors (Lipinski definition) is 4. The number of unbranched alkanes of at least 4 members (excludes halogenated alkanes) is 4. The van der Waals surface area contributed by atoms with Crippen LogP contribution in [-0.2, 0) is 14.3 Å². The van der Waals surface area contributed by atoms with Crippen molar-refractivity contribution in [1.82, 2.24) is 10.2 Å². The zero-order valence-corrected chi connectivity index (χ0v) is 27.7.